The van der Waals surface area contributed by atoms with Crippen molar-refractivity contribution >= 4 is 11.4 Å². The van der Waals surface area contributed by atoms with Crippen molar-refractivity contribution < 1.29 is 4.79 Å². The fourth-order valence-corrected chi connectivity index (χ4v) is 3.69. The standard InChI is InChI=1S/C19H23N5O/c1-22(2)14-7-11-23(12-8-14)19(25)15-13-18(16-6-9-20-21-16)24-10-4-3-5-17(15)24/h3-6,9-10,13-14H,7-8,11-12H2,1-2H3,(H,20,21). The van der Waals surface area contributed by atoms with Crippen molar-refractivity contribution in [2.24, 2.45) is 0 Å². The monoisotopic (exact) mass is 337 g/mol. The van der Waals surface area contributed by atoms with Crippen LogP contribution in [0.4, 0.5) is 0 Å². The molecule has 0 aliphatic carbocycles. The first-order valence-corrected chi connectivity index (χ1v) is 8.70. The summed E-state index contributed by atoms with van der Waals surface area (Å²) in [6, 6.07) is 10.4. The quantitative estimate of drug-likeness (QED) is 0.799. The highest BCUT2D eigenvalue weighted by Gasteiger charge is 2.27. The van der Waals surface area contributed by atoms with Crippen LogP contribution in [0.25, 0.3) is 16.9 Å². The lowest BCUT2D eigenvalue weighted by molar-refractivity contribution is 0.0665. The van der Waals surface area contributed by atoms with Gasteiger partial charge in [0.05, 0.1) is 22.5 Å². The molecule has 4 rings (SSSR count). The molecular weight excluding hydrogens is 314 g/mol. The summed E-state index contributed by atoms with van der Waals surface area (Å²) < 4.78 is 2.05. The highest BCUT2D eigenvalue weighted by Crippen LogP contribution is 2.27. The number of amides is 1. The van der Waals surface area contributed by atoms with Gasteiger partial charge in [-0.05, 0) is 51.2 Å². The Morgan fingerprint density at radius 2 is 2.04 bits per heavy atom. The van der Waals surface area contributed by atoms with Gasteiger partial charge < -0.3 is 14.2 Å². The molecule has 0 radical (unpaired) electrons. The second kappa shape index (κ2) is 6.37. The molecule has 0 bridgehead atoms. The molecule has 0 aromatic carbocycles. The fraction of sp³-hybridized carbons (Fsp3) is 0.368. The van der Waals surface area contributed by atoms with Crippen LogP contribution < -0.4 is 0 Å². The first-order valence-electron chi connectivity index (χ1n) is 8.70. The second-order valence-corrected chi connectivity index (χ2v) is 6.86. The predicted octanol–water partition coefficient (Wildman–Crippen LogP) is 2.50. The molecule has 1 aliphatic rings. The first-order chi connectivity index (χ1) is 12.1. The molecule has 0 atom stereocenters. The van der Waals surface area contributed by atoms with Crippen molar-refractivity contribution in [1.29, 1.82) is 0 Å². The minimum Gasteiger partial charge on any atom is -0.338 e. The van der Waals surface area contributed by atoms with Gasteiger partial charge in [-0.15, -0.1) is 0 Å². The largest absolute Gasteiger partial charge is 0.338 e. The van der Waals surface area contributed by atoms with Crippen LogP contribution in [0.5, 0.6) is 0 Å². The maximum atomic E-state index is 13.1. The number of carbonyl (C=O) groups excluding carboxylic acids is 1. The number of aromatic amines is 1. The van der Waals surface area contributed by atoms with E-state index in [9.17, 15) is 4.79 Å². The normalized spacial score (nSPS) is 16.0. The van der Waals surface area contributed by atoms with Gasteiger partial charge in [0.2, 0.25) is 0 Å². The topological polar surface area (TPSA) is 56.6 Å². The molecule has 130 valence electrons. The van der Waals surface area contributed by atoms with Crippen molar-refractivity contribution in [3.63, 3.8) is 0 Å². The third-order valence-electron chi connectivity index (χ3n) is 5.17. The SMILES string of the molecule is CN(C)C1CCN(C(=O)c2cc(-c3ccn[nH]3)n3ccccc23)CC1. The van der Waals surface area contributed by atoms with Gasteiger partial charge in [-0.1, -0.05) is 6.07 Å². The summed E-state index contributed by atoms with van der Waals surface area (Å²) in [5, 5.41) is 7.03. The Morgan fingerprint density at radius 3 is 2.72 bits per heavy atom. The van der Waals surface area contributed by atoms with Crippen LogP contribution in [0, 0.1) is 0 Å². The molecule has 25 heavy (non-hydrogen) atoms. The zero-order valence-corrected chi connectivity index (χ0v) is 14.6. The highest BCUT2D eigenvalue weighted by molar-refractivity contribution is 6.02. The van der Waals surface area contributed by atoms with Crippen LogP contribution in [-0.2, 0) is 0 Å². The van der Waals surface area contributed by atoms with E-state index in [4.69, 9.17) is 0 Å². The summed E-state index contributed by atoms with van der Waals surface area (Å²) in [6.45, 7) is 1.62. The molecule has 0 unspecified atom stereocenters. The zero-order valence-electron chi connectivity index (χ0n) is 14.6. The summed E-state index contributed by atoms with van der Waals surface area (Å²) in [6.07, 6.45) is 5.77. The molecule has 3 aromatic heterocycles. The van der Waals surface area contributed by atoms with Crippen LogP contribution in [0.1, 0.15) is 23.2 Å². The summed E-state index contributed by atoms with van der Waals surface area (Å²) >= 11 is 0. The fourth-order valence-electron chi connectivity index (χ4n) is 3.69. The van der Waals surface area contributed by atoms with E-state index in [1.165, 1.54) is 0 Å². The van der Waals surface area contributed by atoms with Gasteiger partial charge in [-0.2, -0.15) is 5.10 Å². The third-order valence-corrected chi connectivity index (χ3v) is 5.17. The Balaban J connectivity index is 1.67. The molecule has 1 N–H and O–H groups in total. The average Bonchev–Trinajstić information content (AvgIpc) is 3.29. The summed E-state index contributed by atoms with van der Waals surface area (Å²) in [7, 11) is 4.22. The smallest absolute Gasteiger partial charge is 0.256 e. The van der Waals surface area contributed by atoms with E-state index < -0.39 is 0 Å². The second-order valence-electron chi connectivity index (χ2n) is 6.86. The molecule has 1 fully saturated rings. The molecule has 1 amide bonds. The van der Waals surface area contributed by atoms with Crippen LogP contribution in [0.2, 0.25) is 0 Å². The lowest BCUT2D eigenvalue weighted by Crippen LogP contribution is -2.44. The minimum atomic E-state index is 0.117. The van der Waals surface area contributed by atoms with E-state index in [-0.39, 0.29) is 5.91 Å². The van der Waals surface area contributed by atoms with Gasteiger partial charge in [0.1, 0.15) is 0 Å². The molecular formula is C19H23N5O. The van der Waals surface area contributed by atoms with Gasteiger partial charge in [-0.25, -0.2) is 0 Å². The molecule has 1 saturated heterocycles. The number of hydrogen-bond acceptors (Lipinski definition) is 3. The number of aromatic nitrogens is 3. The van der Waals surface area contributed by atoms with Gasteiger partial charge in [-0.3, -0.25) is 9.89 Å². The molecule has 0 spiro atoms. The maximum absolute atomic E-state index is 13.1. The van der Waals surface area contributed by atoms with E-state index in [0.29, 0.717) is 6.04 Å². The molecule has 6 nitrogen and oxygen atoms in total. The van der Waals surface area contributed by atoms with Gasteiger partial charge >= 0.3 is 0 Å². The number of piperidine rings is 1. The molecule has 0 saturated carbocycles. The van der Waals surface area contributed by atoms with E-state index in [2.05, 4.69) is 29.2 Å². The van der Waals surface area contributed by atoms with Crippen LogP contribution in [0.3, 0.4) is 0 Å². The van der Waals surface area contributed by atoms with Crippen LogP contribution in [-0.4, -0.2) is 63.5 Å². The van der Waals surface area contributed by atoms with Gasteiger partial charge in [0, 0.05) is 31.5 Å². The number of nitrogens with zero attached hydrogens (tertiary/aromatic N) is 4. The summed E-state index contributed by atoms with van der Waals surface area (Å²) in [5.74, 6) is 0.117. The predicted molar refractivity (Wildman–Crippen MR) is 97.6 cm³/mol. The van der Waals surface area contributed by atoms with Crippen LogP contribution >= 0.6 is 0 Å². The Morgan fingerprint density at radius 1 is 1.24 bits per heavy atom. The Hall–Kier alpha value is -2.60. The highest BCUT2D eigenvalue weighted by atomic mass is 16.2. The minimum absolute atomic E-state index is 0.117. The summed E-state index contributed by atoms with van der Waals surface area (Å²) in [4.78, 5) is 17.4. The number of pyridine rings is 1. The van der Waals surface area contributed by atoms with Gasteiger partial charge in [0.15, 0.2) is 0 Å². The summed E-state index contributed by atoms with van der Waals surface area (Å²) in [5.41, 5.74) is 3.56. The Bertz CT molecular complexity index is 873. The molecule has 1 aliphatic heterocycles. The van der Waals surface area contributed by atoms with E-state index in [0.717, 1.165) is 48.4 Å². The van der Waals surface area contributed by atoms with Crippen molar-refractivity contribution in [2.75, 3.05) is 27.2 Å². The van der Waals surface area contributed by atoms with Crippen molar-refractivity contribution in [1.82, 2.24) is 24.4 Å². The lowest BCUT2D eigenvalue weighted by Gasteiger charge is -2.35. The van der Waals surface area contributed by atoms with Crippen molar-refractivity contribution in [3.05, 3.63) is 48.3 Å². The van der Waals surface area contributed by atoms with Crippen molar-refractivity contribution in [3.8, 4) is 11.4 Å². The molecule has 3 aromatic rings. The number of carbonyl (C=O) groups is 1. The Labute approximate surface area is 147 Å². The third kappa shape index (κ3) is 2.82. The lowest BCUT2D eigenvalue weighted by atomic mass is 10.0. The Kier molecular flexibility index (Phi) is 4.05. The number of likely N-dealkylation sites (tertiary alicyclic amines) is 1. The van der Waals surface area contributed by atoms with E-state index >= 15 is 0 Å². The molecule has 4 heterocycles. The van der Waals surface area contributed by atoms with E-state index in [1.54, 1.807) is 6.20 Å². The first kappa shape index (κ1) is 15.9. The van der Waals surface area contributed by atoms with Gasteiger partial charge in [0.25, 0.3) is 5.91 Å². The number of hydrogen-bond donors (Lipinski definition) is 1. The number of fused-ring (bicyclic) bond motifs is 1. The van der Waals surface area contributed by atoms with Crippen LogP contribution in [0.15, 0.2) is 42.7 Å². The van der Waals surface area contributed by atoms with E-state index in [1.807, 2.05) is 45.8 Å². The number of nitrogens with one attached hydrogen (secondary N) is 1. The maximum Gasteiger partial charge on any atom is 0.256 e. The zero-order chi connectivity index (χ0) is 17.4. The van der Waals surface area contributed by atoms with Crippen molar-refractivity contribution in [2.45, 2.75) is 18.9 Å². The average molecular weight is 337 g/mol. The molecule has 6 heteroatoms. The number of H-pyrrole nitrogens is 1. The number of rotatable bonds is 3.